The number of alkyl halides is 2. The molecular weight excluding hydrogens is 532 g/mol. The van der Waals surface area contributed by atoms with Crippen LogP contribution in [0.3, 0.4) is 0 Å². The lowest BCUT2D eigenvalue weighted by atomic mass is 9.99. The fraction of sp³-hybridized carbons (Fsp3) is 0.273. The third-order valence-electron chi connectivity index (χ3n) is 5.47. The average Bonchev–Trinajstić information content (AvgIpc) is 3.41. The van der Waals surface area contributed by atoms with Crippen LogP contribution in [0.25, 0.3) is 0 Å². The Balaban J connectivity index is 2.14. The molecule has 0 aliphatic carbocycles. The first-order valence-electron chi connectivity index (χ1n) is 10.7. The molecule has 1 amide bonds. The molecule has 13 nitrogen and oxygen atoms in total. The quantitative estimate of drug-likeness (QED) is 0.224. The Morgan fingerprint density at radius 2 is 1.97 bits per heavy atom. The number of amides is 1. The van der Waals surface area contributed by atoms with E-state index in [4.69, 9.17) is 9.47 Å². The fourth-order valence-electron chi connectivity index (χ4n) is 3.72. The minimum absolute atomic E-state index is 0.0372. The molecule has 0 radical (unpaired) electrons. The smallest absolute Gasteiger partial charge is 0.408 e. The predicted molar refractivity (Wildman–Crippen MR) is 128 cm³/mol. The van der Waals surface area contributed by atoms with Crippen molar-refractivity contribution in [3.63, 3.8) is 0 Å². The summed E-state index contributed by atoms with van der Waals surface area (Å²) in [5.41, 5.74) is -0.484. The van der Waals surface area contributed by atoms with Crippen LogP contribution in [0.5, 0.6) is 11.5 Å². The van der Waals surface area contributed by atoms with Crippen molar-refractivity contribution in [2.45, 2.75) is 23.9 Å². The van der Waals surface area contributed by atoms with Crippen molar-refractivity contribution in [1.82, 2.24) is 19.8 Å². The molecule has 3 rings (SSSR count). The Morgan fingerprint density at radius 1 is 1.24 bits per heavy atom. The summed E-state index contributed by atoms with van der Waals surface area (Å²) in [6.07, 6.45) is -2.52. The normalized spacial score (nSPS) is 12.2. The first-order valence-corrected chi connectivity index (χ1v) is 12.2. The highest BCUT2D eigenvalue weighted by Gasteiger charge is 2.35. The molecule has 3 N–H and O–H groups in total. The number of halogens is 2. The van der Waals surface area contributed by atoms with Gasteiger partial charge in [0.15, 0.2) is 0 Å². The number of hydrogen-bond acceptors (Lipinski definition) is 8. The minimum atomic E-state index is -4.59. The first kappa shape index (κ1) is 28.3. The van der Waals surface area contributed by atoms with Gasteiger partial charge < -0.3 is 14.6 Å². The molecule has 3 aromatic rings. The molecule has 0 fully saturated rings. The van der Waals surface area contributed by atoms with E-state index in [2.05, 4.69) is 14.9 Å². The number of benzene rings is 2. The van der Waals surface area contributed by atoms with Gasteiger partial charge in [0, 0.05) is 42.1 Å². The second-order valence-electron chi connectivity index (χ2n) is 7.74. The Kier molecular flexibility index (Phi) is 8.80. The highest BCUT2D eigenvalue weighted by Crippen LogP contribution is 2.35. The van der Waals surface area contributed by atoms with Gasteiger partial charge in [-0.1, -0.05) is 6.07 Å². The number of aromatic amines is 1. The van der Waals surface area contributed by atoms with E-state index in [-0.39, 0.29) is 23.4 Å². The van der Waals surface area contributed by atoms with Gasteiger partial charge in [-0.25, -0.2) is 26.7 Å². The highest BCUT2D eigenvalue weighted by molar-refractivity contribution is 7.89. The number of sulfonamides is 1. The lowest BCUT2D eigenvalue weighted by molar-refractivity contribution is -0.385. The molecule has 1 unspecified atom stereocenters. The van der Waals surface area contributed by atoms with Crippen LogP contribution in [0.1, 0.15) is 22.7 Å². The van der Waals surface area contributed by atoms with E-state index in [1.165, 1.54) is 32.5 Å². The van der Waals surface area contributed by atoms with Crippen LogP contribution in [0.15, 0.2) is 53.7 Å². The summed E-state index contributed by atoms with van der Waals surface area (Å²) >= 11 is 0. The summed E-state index contributed by atoms with van der Waals surface area (Å²) in [6.45, 7) is -1.59. The van der Waals surface area contributed by atoms with Crippen LogP contribution in [0.2, 0.25) is 0 Å². The number of non-ortho nitro benzene ring substituents is 1. The number of nitrogens with zero attached hydrogens (tertiary/aromatic N) is 3. The number of methoxy groups -OCH3 is 2. The Labute approximate surface area is 215 Å². The number of hydrogen-bond donors (Lipinski definition) is 3. The van der Waals surface area contributed by atoms with Gasteiger partial charge in [0.25, 0.3) is 12.1 Å². The Morgan fingerprint density at radius 3 is 2.53 bits per heavy atom. The Hall–Kier alpha value is -4.31. The van der Waals surface area contributed by atoms with Crippen molar-refractivity contribution >= 4 is 21.8 Å². The summed E-state index contributed by atoms with van der Waals surface area (Å²) in [6, 6.07) is 5.73. The number of carbonyl (C=O) groups is 1. The lowest BCUT2D eigenvalue weighted by Gasteiger charge is -2.30. The number of H-pyrrole nitrogens is 1. The van der Waals surface area contributed by atoms with Gasteiger partial charge in [-0.2, -0.15) is 5.10 Å². The number of nitrogens with one attached hydrogen (secondary N) is 2. The van der Waals surface area contributed by atoms with Gasteiger partial charge in [0.1, 0.15) is 11.5 Å². The maximum Gasteiger partial charge on any atom is 0.408 e. The van der Waals surface area contributed by atoms with Crippen molar-refractivity contribution in [3.8, 4) is 11.5 Å². The van der Waals surface area contributed by atoms with Crippen molar-refractivity contribution in [1.29, 1.82) is 0 Å². The molecule has 38 heavy (non-hydrogen) atoms. The molecular formula is C22H23F2N5O8S. The Bertz CT molecular complexity index is 1400. The molecule has 0 aliphatic heterocycles. The molecule has 2 aromatic carbocycles. The van der Waals surface area contributed by atoms with E-state index >= 15 is 0 Å². The number of carboxylic acid groups (broad SMARTS) is 1. The number of ether oxygens (including phenoxy) is 2. The largest absolute Gasteiger partial charge is 0.497 e. The van der Waals surface area contributed by atoms with E-state index in [9.17, 15) is 37.2 Å². The summed E-state index contributed by atoms with van der Waals surface area (Å²) in [5.74, 6) is 0.738. The third kappa shape index (κ3) is 6.33. The lowest BCUT2D eigenvalue weighted by Crippen LogP contribution is -2.39. The average molecular weight is 556 g/mol. The molecule has 0 bridgehead atoms. The number of nitro groups is 1. The standard InChI is InChI=1S/C22H23F2N5O8S/c1-36-16-5-3-13(18(8-16)37-2)11-27-38(34,35)19-7-15(29(32)33)4-6-17(19)21(14-9-25-26-10-14)28(22(30)31)12-20(23)24/h3-10,20-21,27H,11-12H2,1-2H3,(H,25,26)(H,30,31). The van der Waals surface area contributed by atoms with Crippen LogP contribution in [0, 0.1) is 10.1 Å². The topological polar surface area (TPSA) is 177 Å². The molecule has 204 valence electrons. The number of nitro benzene ring substituents is 1. The highest BCUT2D eigenvalue weighted by atomic mass is 32.2. The van der Waals surface area contributed by atoms with Crippen LogP contribution >= 0.6 is 0 Å². The molecule has 0 spiro atoms. The van der Waals surface area contributed by atoms with E-state index < -0.39 is 50.6 Å². The minimum Gasteiger partial charge on any atom is -0.497 e. The first-order chi connectivity index (χ1) is 18.0. The van der Waals surface area contributed by atoms with E-state index in [1.54, 1.807) is 6.07 Å². The maximum atomic E-state index is 13.5. The molecule has 0 saturated carbocycles. The van der Waals surface area contributed by atoms with Crippen molar-refractivity contribution in [2.24, 2.45) is 0 Å². The van der Waals surface area contributed by atoms with Gasteiger partial charge in [0.05, 0.1) is 42.8 Å². The third-order valence-corrected chi connectivity index (χ3v) is 6.92. The van der Waals surface area contributed by atoms with Crippen molar-refractivity contribution in [2.75, 3.05) is 20.8 Å². The van der Waals surface area contributed by atoms with Crippen LogP contribution in [0.4, 0.5) is 19.3 Å². The van der Waals surface area contributed by atoms with Gasteiger partial charge in [0.2, 0.25) is 10.0 Å². The zero-order valence-electron chi connectivity index (χ0n) is 20.0. The second-order valence-corrected chi connectivity index (χ2v) is 9.48. The molecule has 0 saturated heterocycles. The van der Waals surface area contributed by atoms with Crippen LogP contribution < -0.4 is 14.2 Å². The summed E-state index contributed by atoms with van der Waals surface area (Å²) in [7, 11) is -1.79. The van der Waals surface area contributed by atoms with Crippen LogP contribution in [-0.4, -0.2) is 66.8 Å². The van der Waals surface area contributed by atoms with Crippen molar-refractivity contribution in [3.05, 3.63) is 75.6 Å². The molecule has 1 heterocycles. The number of rotatable bonds is 12. The second kappa shape index (κ2) is 11.8. The molecule has 0 aliphatic rings. The monoisotopic (exact) mass is 555 g/mol. The summed E-state index contributed by atoms with van der Waals surface area (Å²) < 4.78 is 66.3. The SMILES string of the molecule is COc1ccc(CNS(=O)(=O)c2cc([N+](=O)[O-])ccc2C(c2cn[nH]c2)N(CC(F)F)C(=O)O)c(OC)c1. The van der Waals surface area contributed by atoms with E-state index in [0.717, 1.165) is 24.4 Å². The van der Waals surface area contributed by atoms with Crippen LogP contribution in [-0.2, 0) is 16.6 Å². The zero-order chi connectivity index (χ0) is 28.0. The molecule has 1 aromatic heterocycles. The van der Waals surface area contributed by atoms with Gasteiger partial charge >= 0.3 is 6.09 Å². The summed E-state index contributed by atoms with van der Waals surface area (Å²) in [5, 5.41) is 27.3. The van der Waals surface area contributed by atoms with Gasteiger partial charge in [-0.05, 0) is 17.7 Å². The number of aromatic nitrogens is 2. The summed E-state index contributed by atoms with van der Waals surface area (Å²) in [4.78, 5) is 22.2. The predicted octanol–water partition coefficient (Wildman–Crippen LogP) is 3.15. The molecule has 16 heteroatoms. The maximum absolute atomic E-state index is 13.5. The van der Waals surface area contributed by atoms with Gasteiger partial charge in [-0.15, -0.1) is 0 Å². The van der Waals surface area contributed by atoms with E-state index in [1.807, 2.05) is 0 Å². The van der Waals surface area contributed by atoms with Crippen molar-refractivity contribution < 1.29 is 41.5 Å². The molecule has 1 atom stereocenters. The fourth-order valence-corrected chi connectivity index (χ4v) is 4.99. The van der Waals surface area contributed by atoms with Gasteiger partial charge in [-0.3, -0.25) is 20.1 Å². The zero-order valence-corrected chi connectivity index (χ0v) is 20.8. The van der Waals surface area contributed by atoms with E-state index in [0.29, 0.717) is 16.2 Å².